The second kappa shape index (κ2) is 8.74. The maximum Gasteiger partial charge on any atom is 0.269 e. The third-order valence-corrected chi connectivity index (χ3v) is 3.34. The lowest BCUT2D eigenvalue weighted by Crippen LogP contribution is -2.34. The Morgan fingerprint density at radius 2 is 1.96 bits per heavy atom. The van der Waals surface area contributed by atoms with Crippen molar-refractivity contribution in [2.24, 2.45) is 0 Å². The van der Waals surface area contributed by atoms with Crippen LogP contribution in [-0.4, -0.2) is 22.5 Å². The van der Waals surface area contributed by atoms with Gasteiger partial charge in [0.15, 0.2) is 5.11 Å². The molecule has 0 aliphatic carbocycles. The molecule has 0 saturated carbocycles. The van der Waals surface area contributed by atoms with Crippen LogP contribution in [0.4, 0.5) is 11.4 Å². The van der Waals surface area contributed by atoms with E-state index in [0.29, 0.717) is 18.0 Å². The zero-order chi connectivity index (χ0) is 18.2. The Morgan fingerprint density at radius 1 is 1.24 bits per heavy atom. The molecule has 0 heterocycles. The lowest BCUT2D eigenvalue weighted by molar-refractivity contribution is -0.384. The van der Waals surface area contributed by atoms with Crippen LogP contribution >= 0.6 is 12.2 Å². The van der Waals surface area contributed by atoms with Crippen molar-refractivity contribution >= 4 is 34.6 Å². The van der Waals surface area contributed by atoms with Crippen LogP contribution in [0.25, 0.3) is 0 Å². The predicted octanol–water partition coefficient (Wildman–Crippen LogP) is 3.51. The number of non-ortho nitro benzene ring substituents is 1. The molecule has 0 radical (unpaired) electrons. The molecule has 2 N–H and O–H groups in total. The number of rotatable bonds is 6. The van der Waals surface area contributed by atoms with Crippen molar-refractivity contribution in [3.05, 3.63) is 64.2 Å². The molecule has 8 heteroatoms. The molecular formula is C17H17N3O4S. The number of benzene rings is 2. The average Bonchev–Trinajstić information content (AvgIpc) is 2.60. The molecule has 0 atom stereocenters. The van der Waals surface area contributed by atoms with Gasteiger partial charge in [0, 0.05) is 29.4 Å². The van der Waals surface area contributed by atoms with Gasteiger partial charge in [0.1, 0.15) is 5.75 Å². The molecule has 0 fully saturated rings. The standard InChI is InChI=1S/C17H17N3O4S/c1-2-10-24-15-5-3-4-13(11-15)18-17(25)19-16(21)12-6-8-14(9-7-12)20(22)23/h3-9,11H,2,10H2,1H3,(H2,18,19,21,25). The number of amides is 1. The fraction of sp³-hybridized carbons (Fsp3) is 0.176. The van der Waals surface area contributed by atoms with Crippen molar-refractivity contribution < 1.29 is 14.5 Å². The van der Waals surface area contributed by atoms with Gasteiger partial charge in [0.2, 0.25) is 0 Å². The number of carbonyl (C=O) groups is 1. The van der Waals surface area contributed by atoms with Crippen LogP contribution in [0.2, 0.25) is 0 Å². The smallest absolute Gasteiger partial charge is 0.269 e. The van der Waals surface area contributed by atoms with Crippen molar-refractivity contribution in [2.75, 3.05) is 11.9 Å². The maximum absolute atomic E-state index is 12.1. The molecule has 0 saturated heterocycles. The number of hydrogen-bond donors (Lipinski definition) is 2. The van der Waals surface area contributed by atoms with Gasteiger partial charge in [0.05, 0.1) is 11.5 Å². The number of ether oxygens (including phenoxy) is 1. The van der Waals surface area contributed by atoms with Gasteiger partial charge in [-0.15, -0.1) is 0 Å². The molecule has 2 aromatic rings. The summed E-state index contributed by atoms with van der Waals surface area (Å²) in [6.07, 6.45) is 0.904. The summed E-state index contributed by atoms with van der Waals surface area (Å²) in [6.45, 7) is 2.63. The molecule has 0 aliphatic rings. The lowest BCUT2D eigenvalue weighted by Gasteiger charge is -2.11. The van der Waals surface area contributed by atoms with E-state index in [-0.39, 0.29) is 16.4 Å². The molecule has 0 aliphatic heterocycles. The van der Waals surface area contributed by atoms with Crippen LogP contribution < -0.4 is 15.4 Å². The van der Waals surface area contributed by atoms with E-state index in [1.54, 1.807) is 12.1 Å². The van der Waals surface area contributed by atoms with E-state index in [9.17, 15) is 14.9 Å². The van der Waals surface area contributed by atoms with Gasteiger partial charge in [-0.05, 0) is 42.9 Å². The SMILES string of the molecule is CCCOc1cccc(NC(=S)NC(=O)c2ccc([N+](=O)[O-])cc2)c1. The first kappa shape index (κ1) is 18.3. The Morgan fingerprint density at radius 3 is 2.60 bits per heavy atom. The van der Waals surface area contributed by atoms with Gasteiger partial charge in [-0.25, -0.2) is 0 Å². The van der Waals surface area contributed by atoms with Gasteiger partial charge < -0.3 is 10.1 Å². The van der Waals surface area contributed by atoms with E-state index in [1.165, 1.54) is 24.3 Å². The second-order valence-electron chi connectivity index (χ2n) is 5.09. The van der Waals surface area contributed by atoms with E-state index in [2.05, 4.69) is 10.6 Å². The summed E-state index contributed by atoms with van der Waals surface area (Å²) in [7, 11) is 0. The Bertz CT molecular complexity index is 778. The molecular weight excluding hydrogens is 342 g/mol. The Hall–Kier alpha value is -3.00. The highest BCUT2D eigenvalue weighted by atomic mass is 32.1. The number of nitro benzene ring substituents is 1. The predicted molar refractivity (Wildman–Crippen MR) is 99.0 cm³/mol. The monoisotopic (exact) mass is 359 g/mol. The number of thiocarbonyl (C=S) groups is 1. The van der Waals surface area contributed by atoms with E-state index < -0.39 is 10.8 Å². The number of hydrogen-bond acceptors (Lipinski definition) is 5. The normalized spacial score (nSPS) is 9.96. The summed E-state index contributed by atoms with van der Waals surface area (Å²) in [5.41, 5.74) is 0.874. The lowest BCUT2D eigenvalue weighted by atomic mass is 10.2. The molecule has 130 valence electrons. The largest absolute Gasteiger partial charge is 0.494 e. The summed E-state index contributed by atoms with van der Waals surface area (Å²) < 4.78 is 5.53. The van der Waals surface area contributed by atoms with Crippen LogP contribution in [0.5, 0.6) is 5.75 Å². The summed E-state index contributed by atoms with van der Waals surface area (Å²) in [4.78, 5) is 22.2. The maximum atomic E-state index is 12.1. The van der Waals surface area contributed by atoms with Gasteiger partial charge in [-0.2, -0.15) is 0 Å². The summed E-state index contributed by atoms with van der Waals surface area (Å²) in [5, 5.41) is 16.2. The van der Waals surface area contributed by atoms with Crippen molar-refractivity contribution in [3.63, 3.8) is 0 Å². The van der Waals surface area contributed by atoms with Crippen molar-refractivity contribution in [1.82, 2.24) is 5.32 Å². The third kappa shape index (κ3) is 5.54. The van der Waals surface area contributed by atoms with Gasteiger partial charge in [-0.3, -0.25) is 20.2 Å². The highest BCUT2D eigenvalue weighted by molar-refractivity contribution is 7.80. The first-order chi connectivity index (χ1) is 12.0. The minimum absolute atomic E-state index is 0.0823. The number of nitrogens with one attached hydrogen (secondary N) is 2. The average molecular weight is 359 g/mol. The topological polar surface area (TPSA) is 93.5 Å². The zero-order valence-electron chi connectivity index (χ0n) is 13.5. The Labute approximate surface area is 150 Å². The highest BCUT2D eigenvalue weighted by Crippen LogP contribution is 2.17. The molecule has 2 aromatic carbocycles. The Kier molecular flexibility index (Phi) is 6.41. The minimum Gasteiger partial charge on any atom is -0.494 e. The van der Waals surface area contributed by atoms with Crippen molar-refractivity contribution in [3.8, 4) is 5.75 Å². The fourth-order valence-electron chi connectivity index (χ4n) is 1.96. The van der Waals surface area contributed by atoms with E-state index in [1.807, 2.05) is 19.1 Å². The summed E-state index contributed by atoms with van der Waals surface area (Å²) in [6, 6.07) is 12.5. The summed E-state index contributed by atoms with van der Waals surface area (Å²) >= 11 is 5.12. The van der Waals surface area contributed by atoms with Crippen LogP contribution in [0.15, 0.2) is 48.5 Å². The van der Waals surface area contributed by atoms with Gasteiger partial charge >= 0.3 is 0 Å². The quantitative estimate of drug-likeness (QED) is 0.466. The first-order valence-electron chi connectivity index (χ1n) is 7.59. The Balaban J connectivity index is 1.95. The van der Waals surface area contributed by atoms with Crippen LogP contribution in [-0.2, 0) is 0 Å². The fourth-order valence-corrected chi connectivity index (χ4v) is 2.17. The van der Waals surface area contributed by atoms with Crippen molar-refractivity contribution in [1.29, 1.82) is 0 Å². The summed E-state index contributed by atoms with van der Waals surface area (Å²) in [5.74, 6) is 0.252. The molecule has 0 aromatic heterocycles. The minimum atomic E-state index is -0.526. The zero-order valence-corrected chi connectivity index (χ0v) is 14.3. The van der Waals surface area contributed by atoms with Crippen LogP contribution in [0, 0.1) is 10.1 Å². The molecule has 25 heavy (non-hydrogen) atoms. The molecule has 0 unspecified atom stereocenters. The van der Waals surface area contributed by atoms with E-state index in [0.717, 1.165) is 6.42 Å². The molecule has 0 spiro atoms. The van der Waals surface area contributed by atoms with Crippen LogP contribution in [0.3, 0.4) is 0 Å². The van der Waals surface area contributed by atoms with E-state index >= 15 is 0 Å². The molecule has 2 rings (SSSR count). The van der Waals surface area contributed by atoms with Crippen molar-refractivity contribution in [2.45, 2.75) is 13.3 Å². The first-order valence-corrected chi connectivity index (χ1v) is 8.00. The third-order valence-electron chi connectivity index (χ3n) is 3.13. The number of carbonyl (C=O) groups excluding carboxylic acids is 1. The highest BCUT2D eigenvalue weighted by Gasteiger charge is 2.11. The molecule has 7 nitrogen and oxygen atoms in total. The molecule has 0 bridgehead atoms. The van der Waals surface area contributed by atoms with Crippen LogP contribution in [0.1, 0.15) is 23.7 Å². The second-order valence-corrected chi connectivity index (χ2v) is 5.50. The number of anilines is 1. The molecule has 1 amide bonds. The number of nitro groups is 1. The van der Waals surface area contributed by atoms with Gasteiger partial charge in [-0.1, -0.05) is 13.0 Å². The van der Waals surface area contributed by atoms with E-state index in [4.69, 9.17) is 17.0 Å². The number of nitrogens with zero attached hydrogens (tertiary/aromatic N) is 1. The van der Waals surface area contributed by atoms with Gasteiger partial charge in [0.25, 0.3) is 11.6 Å².